The van der Waals surface area contributed by atoms with Gasteiger partial charge in [-0.15, -0.1) is 0 Å². The Morgan fingerprint density at radius 1 is 1.69 bits per heavy atom. The van der Waals surface area contributed by atoms with Crippen LogP contribution in [0.5, 0.6) is 0 Å². The highest BCUT2D eigenvalue weighted by atomic mass is 16.5. The van der Waals surface area contributed by atoms with E-state index < -0.39 is 0 Å². The molecule has 0 amide bonds. The summed E-state index contributed by atoms with van der Waals surface area (Å²) in [4.78, 5) is 21.8. The number of esters is 2. The van der Waals surface area contributed by atoms with Crippen LogP contribution < -0.4 is 0 Å². The summed E-state index contributed by atoms with van der Waals surface area (Å²) in [5, 5.41) is 0. The molecular formula is C9H12O4. The average Bonchev–Trinajstić information content (AvgIpc) is 2.48. The molecule has 13 heavy (non-hydrogen) atoms. The van der Waals surface area contributed by atoms with Crippen molar-refractivity contribution in [3.05, 3.63) is 12.3 Å². The van der Waals surface area contributed by atoms with Gasteiger partial charge in [-0.1, -0.05) is 0 Å². The maximum atomic E-state index is 10.9. The van der Waals surface area contributed by atoms with Crippen molar-refractivity contribution < 1.29 is 19.1 Å². The first-order valence-electron chi connectivity index (χ1n) is 4.27. The van der Waals surface area contributed by atoms with Crippen molar-refractivity contribution in [3.63, 3.8) is 0 Å². The SMILES string of the molecule is CCOC(=O)CCC1C=COC1=O. The molecule has 0 bridgehead atoms. The summed E-state index contributed by atoms with van der Waals surface area (Å²) >= 11 is 0. The van der Waals surface area contributed by atoms with Crippen LogP contribution in [0.4, 0.5) is 0 Å². The Kier molecular flexibility index (Phi) is 3.49. The van der Waals surface area contributed by atoms with Crippen molar-refractivity contribution in [1.29, 1.82) is 0 Å². The monoisotopic (exact) mass is 184 g/mol. The topological polar surface area (TPSA) is 52.6 Å². The molecule has 0 aliphatic carbocycles. The number of cyclic esters (lactones) is 1. The zero-order valence-electron chi connectivity index (χ0n) is 7.49. The van der Waals surface area contributed by atoms with E-state index in [1.807, 2.05) is 0 Å². The Morgan fingerprint density at radius 3 is 3.00 bits per heavy atom. The first-order chi connectivity index (χ1) is 6.24. The molecule has 1 heterocycles. The normalized spacial score (nSPS) is 20.1. The maximum Gasteiger partial charge on any atom is 0.317 e. The van der Waals surface area contributed by atoms with Gasteiger partial charge in [0.1, 0.15) is 0 Å². The molecule has 1 atom stereocenters. The molecule has 0 saturated heterocycles. The molecule has 0 radical (unpaired) electrons. The maximum absolute atomic E-state index is 10.9. The van der Waals surface area contributed by atoms with Crippen molar-refractivity contribution in [2.24, 2.45) is 5.92 Å². The van der Waals surface area contributed by atoms with Crippen LogP contribution in [0.1, 0.15) is 19.8 Å². The standard InChI is InChI=1S/C9H12O4/c1-2-12-8(10)4-3-7-5-6-13-9(7)11/h5-7H,2-4H2,1H3. The lowest BCUT2D eigenvalue weighted by molar-refractivity contribution is -0.144. The molecule has 0 spiro atoms. The molecule has 1 unspecified atom stereocenters. The second-order valence-electron chi connectivity index (χ2n) is 2.72. The van der Waals surface area contributed by atoms with E-state index in [-0.39, 0.29) is 24.3 Å². The highest BCUT2D eigenvalue weighted by molar-refractivity contribution is 5.78. The lowest BCUT2D eigenvalue weighted by Crippen LogP contribution is -2.11. The number of ether oxygens (including phenoxy) is 2. The molecule has 4 heteroatoms. The predicted molar refractivity (Wildman–Crippen MR) is 44.6 cm³/mol. The Labute approximate surface area is 76.5 Å². The van der Waals surface area contributed by atoms with Gasteiger partial charge in [0.15, 0.2) is 0 Å². The Morgan fingerprint density at radius 2 is 2.46 bits per heavy atom. The van der Waals surface area contributed by atoms with E-state index in [0.29, 0.717) is 13.0 Å². The van der Waals surface area contributed by atoms with Crippen molar-refractivity contribution in [2.75, 3.05) is 6.61 Å². The fourth-order valence-electron chi connectivity index (χ4n) is 1.09. The lowest BCUT2D eigenvalue weighted by Gasteiger charge is -2.03. The smallest absolute Gasteiger partial charge is 0.317 e. The summed E-state index contributed by atoms with van der Waals surface area (Å²) in [6, 6.07) is 0. The molecule has 0 saturated carbocycles. The van der Waals surface area contributed by atoms with Gasteiger partial charge in [0.05, 0.1) is 18.8 Å². The van der Waals surface area contributed by atoms with E-state index in [2.05, 4.69) is 4.74 Å². The van der Waals surface area contributed by atoms with Crippen molar-refractivity contribution in [2.45, 2.75) is 19.8 Å². The van der Waals surface area contributed by atoms with E-state index in [0.717, 1.165) is 0 Å². The zero-order chi connectivity index (χ0) is 9.68. The fourth-order valence-corrected chi connectivity index (χ4v) is 1.09. The van der Waals surface area contributed by atoms with Crippen LogP contribution in [-0.4, -0.2) is 18.5 Å². The Balaban J connectivity index is 2.22. The highest BCUT2D eigenvalue weighted by Crippen LogP contribution is 2.16. The summed E-state index contributed by atoms with van der Waals surface area (Å²) in [6.45, 7) is 2.13. The van der Waals surface area contributed by atoms with Gasteiger partial charge in [0.25, 0.3) is 0 Å². The number of carbonyl (C=O) groups excluding carboxylic acids is 2. The van der Waals surface area contributed by atoms with Crippen LogP contribution in [0.15, 0.2) is 12.3 Å². The fraction of sp³-hybridized carbons (Fsp3) is 0.556. The number of hydrogen-bond donors (Lipinski definition) is 0. The summed E-state index contributed by atoms with van der Waals surface area (Å²) in [7, 11) is 0. The summed E-state index contributed by atoms with van der Waals surface area (Å²) in [5.74, 6) is -0.829. The second kappa shape index (κ2) is 4.64. The molecule has 0 aromatic heterocycles. The van der Waals surface area contributed by atoms with Crippen LogP contribution in [0.2, 0.25) is 0 Å². The third kappa shape index (κ3) is 2.89. The largest absolute Gasteiger partial charge is 0.466 e. The minimum atomic E-state index is -0.288. The molecule has 72 valence electrons. The average molecular weight is 184 g/mol. The molecule has 1 rings (SSSR count). The van der Waals surface area contributed by atoms with Gasteiger partial charge in [0, 0.05) is 6.42 Å². The summed E-state index contributed by atoms with van der Waals surface area (Å²) in [6.07, 6.45) is 3.74. The van der Waals surface area contributed by atoms with Gasteiger partial charge < -0.3 is 9.47 Å². The Hall–Kier alpha value is -1.32. The zero-order valence-corrected chi connectivity index (χ0v) is 7.49. The summed E-state index contributed by atoms with van der Waals surface area (Å²) < 4.78 is 9.31. The van der Waals surface area contributed by atoms with Crippen molar-refractivity contribution in [1.82, 2.24) is 0 Å². The number of hydrogen-bond acceptors (Lipinski definition) is 4. The first-order valence-corrected chi connectivity index (χ1v) is 4.27. The number of carbonyl (C=O) groups is 2. The molecule has 1 aliphatic rings. The minimum Gasteiger partial charge on any atom is -0.466 e. The van der Waals surface area contributed by atoms with E-state index in [1.54, 1.807) is 13.0 Å². The van der Waals surface area contributed by atoms with Gasteiger partial charge in [-0.3, -0.25) is 9.59 Å². The third-order valence-electron chi connectivity index (χ3n) is 1.76. The van der Waals surface area contributed by atoms with E-state index >= 15 is 0 Å². The molecule has 0 N–H and O–H groups in total. The van der Waals surface area contributed by atoms with E-state index in [1.165, 1.54) is 6.26 Å². The highest BCUT2D eigenvalue weighted by Gasteiger charge is 2.22. The van der Waals surface area contributed by atoms with E-state index in [9.17, 15) is 9.59 Å². The van der Waals surface area contributed by atoms with Crippen LogP contribution in [0.3, 0.4) is 0 Å². The Bertz CT molecular complexity index is 232. The number of rotatable bonds is 4. The van der Waals surface area contributed by atoms with Gasteiger partial charge >= 0.3 is 11.9 Å². The molecule has 0 aromatic carbocycles. The van der Waals surface area contributed by atoms with Crippen LogP contribution in [0.25, 0.3) is 0 Å². The quantitative estimate of drug-likeness (QED) is 0.612. The van der Waals surface area contributed by atoms with Gasteiger partial charge in [-0.2, -0.15) is 0 Å². The van der Waals surface area contributed by atoms with Gasteiger partial charge in [-0.05, 0) is 19.4 Å². The van der Waals surface area contributed by atoms with Gasteiger partial charge in [0.2, 0.25) is 0 Å². The molecule has 0 aromatic rings. The molecule has 1 aliphatic heterocycles. The molecule has 0 fully saturated rings. The van der Waals surface area contributed by atoms with Crippen LogP contribution in [0, 0.1) is 5.92 Å². The first kappa shape index (κ1) is 9.77. The summed E-state index contributed by atoms with van der Waals surface area (Å²) in [5.41, 5.74) is 0. The molecular weight excluding hydrogens is 172 g/mol. The van der Waals surface area contributed by atoms with Crippen molar-refractivity contribution in [3.8, 4) is 0 Å². The predicted octanol–water partition coefficient (Wildman–Crippen LogP) is 1.02. The van der Waals surface area contributed by atoms with Crippen LogP contribution in [-0.2, 0) is 19.1 Å². The van der Waals surface area contributed by atoms with Crippen molar-refractivity contribution >= 4 is 11.9 Å². The third-order valence-corrected chi connectivity index (χ3v) is 1.76. The molecule has 4 nitrogen and oxygen atoms in total. The lowest BCUT2D eigenvalue weighted by atomic mass is 10.1. The van der Waals surface area contributed by atoms with Gasteiger partial charge in [-0.25, -0.2) is 0 Å². The minimum absolute atomic E-state index is 0.262. The second-order valence-corrected chi connectivity index (χ2v) is 2.72. The van der Waals surface area contributed by atoms with Crippen LogP contribution >= 0.6 is 0 Å². The van der Waals surface area contributed by atoms with E-state index in [4.69, 9.17) is 4.74 Å².